The largest absolute Gasteiger partial charge is 0.335 e. The molecule has 144 valence electrons. The zero-order valence-corrected chi connectivity index (χ0v) is 16.0. The molecule has 1 aliphatic heterocycles. The molecule has 1 fully saturated rings. The number of urea groups is 1. The highest BCUT2D eigenvalue weighted by Crippen LogP contribution is 2.25. The van der Waals surface area contributed by atoms with Gasteiger partial charge in [0.05, 0.1) is 5.69 Å². The summed E-state index contributed by atoms with van der Waals surface area (Å²) in [5.74, 6) is -1.34. The van der Waals surface area contributed by atoms with Gasteiger partial charge in [-0.3, -0.25) is 14.9 Å². The van der Waals surface area contributed by atoms with Crippen molar-refractivity contribution < 1.29 is 14.4 Å². The molecular weight excluding hydrogens is 366 g/mol. The number of carbonyl (C=O) groups excluding carboxylic acids is 3. The van der Waals surface area contributed by atoms with Crippen LogP contribution in [0.4, 0.5) is 10.5 Å². The van der Waals surface area contributed by atoms with E-state index in [1.165, 1.54) is 6.08 Å². The first kappa shape index (κ1) is 18.4. The maximum atomic E-state index is 13.0. The predicted molar refractivity (Wildman–Crippen MR) is 111 cm³/mol. The van der Waals surface area contributed by atoms with Crippen molar-refractivity contribution in [3.63, 3.8) is 0 Å². The van der Waals surface area contributed by atoms with E-state index in [4.69, 9.17) is 0 Å². The van der Waals surface area contributed by atoms with Crippen LogP contribution in [0.25, 0.3) is 11.8 Å². The van der Waals surface area contributed by atoms with Gasteiger partial charge in [-0.05, 0) is 55.3 Å². The number of aryl methyl sites for hydroxylation is 2. The highest BCUT2D eigenvalue weighted by atomic mass is 16.2. The first-order chi connectivity index (χ1) is 14.0. The predicted octanol–water partition coefficient (Wildman–Crippen LogP) is 3.76. The molecule has 1 aliphatic rings. The van der Waals surface area contributed by atoms with E-state index in [1.54, 1.807) is 25.1 Å². The van der Waals surface area contributed by atoms with E-state index in [-0.39, 0.29) is 5.57 Å². The lowest BCUT2D eigenvalue weighted by molar-refractivity contribution is -0.122. The van der Waals surface area contributed by atoms with Crippen LogP contribution in [0.1, 0.15) is 16.8 Å². The fourth-order valence-corrected chi connectivity index (χ4v) is 3.40. The number of aromatic nitrogens is 1. The molecule has 6 nitrogen and oxygen atoms in total. The third kappa shape index (κ3) is 3.36. The summed E-state index contributed by atoms with van der Waals surface area (Å²) in [7, 11) is 0. The highest BCUT2D eigenvalue weighted by Gasteiger charge is 2.37. The Bertz CT molecular complexity index is 1160. The normalized spacial score (nSPS) is 15.7. The number of nitrogens with one attached hydrogen (secondary N) is 1. The number of rotatable bonds is 3. The molecule has 0 bridgehead atoms. The third-order valence-corrected chi connectivity index (χ3v) is 4.84. The minimum Gasteiger partial charge on any atom is -0.321 e. The summed E-state index contributed by atoms with van der Waals surface area (Å²) in [5, 5.41) is 2.26. The molecule has 0 atom stereocenters. The number of hydrogen-bond donors (Lipinski definition) is 1. The van der Waals surface area contributed by atoms with Crippen molar-refractivity contribution in [2.75, 3.05) is 4.90 Å². The Hall–Kier alpha value is -3.93. The molecule has 0 aliphatic carbocycles. The molecule has 2 heterocycles. The Kier molecular flexibility index (Phi) is 4.60. The molecule has 3 aromatic rings. The second-order valence-corrected chi connectivity index (χ2v) is 6.86. The van der Waals surface area contributed by atoms with Crippen molar-refractivity contribution in [2.24, 2.45) is 0 Å². The average Bonchev–Trinajstić information content (AvgIpc) is 3.07. The molecule has 6 heteroatoms. The van der Waals surface area contributed by atoms with E-state index in [2.05, 4.69) is 5.32 Å². The van der Waals surface area contributed by atoms with Crippen molar-refractivity contribution in [3.8, 4) is 5.69 Å². The van der Waals surface area contributed by atoms with Crippen LogP contribution < -0.4 is 10.2 Å². The number of nitrogens with zero attached hydrogens (tertiary/aromatic N) is 2. The topological polar surface area (TPSA) is 71.4 Å². The number of imide groups is 2. The lowest BCUT2D eigenvalue weighted by Crippen LogP contribution is -2.54. The van der Waals surface area contributed by atoms with Crippen LogP contribution in [0.2, 0.25) is 0 Å². The maximum absolute atomic E-state index is 13.0. The molecule has 2 aromatic carbocycles. The number of barbiturate groups is 1. The number of carbonyl (C=O) groups is 3. The van der Waals surface area contributed by atoms with Crippen LogP contribution in [0.15, 0.2) is 72.4 Å². The van der Waals surface area contributed by atoms with Gasteiger partial charge >= 0.3 is 6.03 Å². The molecule has 0 radical (unpaired) electrons. The third-order valence-electron chi connectivity index (χ3n) is 4.84. The number of anilines is 1. The van der Waals surface area contributed by atoms with Crippen LogP contribution >= 0.6 is 0 Å². The van der Waals surface area contributed by atoms with Gasteiger partial charge < -0.3 is 4.57 Å². The summed E-state index contributed by atoms with van der Waals surface area (Å²) < 4.78 is 1.97. The van der Waals surface area contributed by atoms with E-state index in [0.29, 0.717) is 11.3 Å². The summed E-state index contributed by atoms with van der Waals surface area (Å²) >= 11 is 0. The van der Waals surface area contributed by atoms with Gasteiger partial charge in [-0.15, -0.1) is 0 Å². The Morgan fingerprint density at radius 1 is 0.897 bits per heavy atom. The van der Waals surface area contributed by atoms with Crippen LogP contribution in [0, 0.1) is 13.8 Å². The molecule has 1 saturated heterocycles. The van der Waals surface area contributed by atoms with Gasteiger partial charge in [0, 0.05) is 17.6 Å². The molecule has 29 heavy (non-hydrogen) atoms. The first-order valence-corrected chi connectivity index (χ1v) is 9.17. The van der Waals surface area contributed by atoms with Crippen molar-refractivity contribution in [3.05, 3.63) is 89.3 Å². The zero-order chi connectivity index (χ0) is 20.5. The SMILES string of the molecule is Cc1ccccc1N1C(=O)NC(=O)/C(=C/c2cc(C)n(-c3ccccc3)c2)C1=O. The Balaban J connectivity index is 1.73. The summed E-state index contributed by atoms with van der Waals surface area (Å²) in [5.41, 5.74) is 3.76. The molecular formula is C23H19N3O3. The molecule has 0 spiro atoms. The lowest BCUT2D eigenvalue weighted by atomic mass is 10.1. The number of para-hydroxylation sites is 2. The zero-order valence-electron chi connectivity index (χ0n) is 16.0. The van der Waals surface area contributed by atoms with Gasteiger partial charge in [-0.25, -0.2) is 9.69 Å². The van der Waals surface area contributed by atoms with Gasteiger partial charge in [0.2, 0.25) is 0 Å². The smallest absolute Gasteiger partial charge is 0.321 e. The summed E-state index contributed by atoms with van der Waals surface area (Å²) in [6, 6.07) is 17.9. The van der Waals surface area contributed by atoms with Crippen molar-refractivity contribution in [1.82, 2.24) is 9.88 Å². The molecule has 4 amide bonds. The fraction of sp³-hybridized carbons (Fsp3) is 0.0870. The average molecular weight is 385 g/mol. The van der Waals surface area contributed by atoms with Gasteiger partial charge in [0.1, 0.15) is 5.57 Å². The fourth-order valence-electron chi connectivity index (χ4n) is 3.40. The van der Waals surface area contributed by atoms with Crippen molar-refractivity contribution in [1.29, 1.82) is 0 Å². The summed E-state index contributed by atoms with van der Waals surface area (Å²) in [4.78, 5) is 38.8. The second kappa shape index (κ2) is 7.24. The lowest BCUT2D eigenvalue weighted by Gasteiger charge is -2.27. The van der Waals surface area contributed by atoms with Crippen LogP contribution in [0.3, 0.4) is 0 Å². The number of benzene rings is 2. The van der Waals surface area contributed by atoms with E-state index >= 15 is 0 Å². The van der Waals surface area contributed by atoms with E-state index in [0.717, 1.165) is 21.8 Å². The van der Waals surface area contributed by atoms with Crippen LogP contribution in [-0.2, 0) is 9.59 Å². The molecule has 1 aromatic heterocycles. The van der Waals surface area contributed by atoms with Crippen molar-refractivity contribution in [2.45, 2.75) is 13.8 Å². The van der Waals surface area contributed by atoms with E-state index < -0.39 is 17.8 Å². The first-order valence-electron chi connectivity index (χ1n) is 9.17. The Morgan fingerprint density at radius 2 is 1.59 bits per heavy atom. The van der Waals surface area contributed by atoms with Gasteiger partial charge in [0.25, 0.3) is 11.8 Å². The number of amides is 4. The standard InChI is InChI=1S/C23H19N3O3/c1-15-8-6-7-11-20(15)26-22(28)19(21(27)24-23(26)29)13-17-12-16(2)25(14-17)18-9-4-3-5-10-18/h3-14H,1-2H3,(H,24,27,29)/b19-13-. The molecule has 0 saturated carbocycles. The highest BCUT2D eigenvalue weighted by molar-refractivity contribution is 6.39. The monoisotopic (exact) mass is 385 g/mol. The number of hydrogen-bond acceptors (Lipinski definition) is 3. The summed E-state index contributed by atoms with van der Waals surface area (Å²) in [6.45, 7) is 3.75. The minimum atomic E-state index is -0.746. The molecule has 4 rings (SSSR count). The quantitative estimate of drug-likeness (QED) is 0.551. The van der Waals surface area contributed by atoms with Gasteiger partial charge in [0.15, 0.2) is 0 Å². The minimum absolute atomic E-state index is 0.0851. The maximum Gasteiger partial charge on any atom is 0.335 e. The van der Waals surface area contributed by atoms with Crippen LogP contribution in [0.5, 0.6) is 0 Å². The van der Waals surface area contributed by atoms with E-state index in [9.17, 15) is 14.4 Å². The van der Waals surface area contributed by atoms with Gasteiger partial charge in [-0.2, -0.15) is 0 Å². The van der Waals surface area contributed by atoms with Crippen molar-refractivity contribution >= 4 is 29.6 Å². The Morgan fingerprint density at radius 3 is 2.31 bits per heavy atom. The van der Waals surface area contributed by atoms with Gasteiger partial charge in [-0.1, -0.05) is 36.4 Å². The molecule has 0 unspecified atom stereocenters. The summed E-state index contributed by atoms with van der Waals surface area (Å²) in [6.07, 6.45) is 3.37. The van der Waals surface area contributed by atoms with E-state index in [1.807, 2.05) is 60.2 Å². The van der Waals surface area contributed by atoms with Crippen LogP contribution in [-0.4, -0.2) is 22.4 Å². The molecule has 1 N–H and O–H groups in total. The second-order valence-electron chi connectivity index (χ2n) is 6.86. The Labute approximate surface area is 168 Å².